The van der Waals surface area contributed by atoms with E-state index < -0.39 is 0 Å². The second-order valence-corrected chi connectivity index (χ2v) is 6.45. The van der Waals surface area contributed by atoms with E-state index in [1.165, 1.54) is 5.56 Å². The third-order valence-electron chi connectivity index (χ3n) is 4.72. The highest BCUT2D eigenvalue weighted by Gasteiger charge is 2.24. The molecule has 1 aliphatic rings. The van der Waals surface area contributed by atoms with Crippen molar-refractivity contribution < 1.29 is 4.79 Å². The Kier molecular flexibility index (Phi) is 5.46. The summed E-state index contributed by atoms with van der Waals surface area (Å²) in [6.45, 7) is 6.15. The maximum atomic E-state index is 12.7. The molecule has 6 nitrogen and oxygen atoms in total. The molecule has 130 valence electrons. The van der Waals surface area contributed by atoms with E-state index in [0.717, 1.165) is 39.1 Å². The van der Waals surface area contributed by atoms with Crippen LogP contribution in [0.25, 0.3) is 0 Å². The monoisotopic (exact) mass is 337 g/mol. The molecule has 2 aromatic rings. The predicted molar refractivity (Wildman–Crippen MR) is 94.6 cm³/mol. The first-order valence-electron chi connectivity index (χ1n) is 8.65. The Morgan fingerprint density at radius 3 is 2.72 bits per heavy atom. The minimum absolute atomic E-state index is 0.151. The van der Waals surface area contributed by atoms with Gasteiger partial charge in [-0.05, 0) is 31.0 Å². The van der Waals surface area contributed by atoms with Gasteiger partial charge in [0.2, 0.25) is 5.91 Å². The number of hydrogen-bond donors (Lipinski definition) is 0. The molecule has 1 fully saturated rings. The van der Waals surface area contributed by atoms with Crippen molar-refractivity contribution in [1.82, 2.24) is 19.4 Å². The lowest BCUT2D eigenvalue weighted by molar-refractivity contribution is -0.134. The van der Waals surface area contributed by atoms with E-state index in [9.17, 15) is 4.79 Å². The topological polar surface area (TPSA) is 65.2 Å². The van der Waals surface area contributed by atoms with Gasteiger partial charge in [-0.25, -0.2) is 4.98 Å². The Morgan fingerprint density at radius 2 is 2.04 bits per heavy atom. The zero-order valence-electron chi connectivity index (χ0n) is 14.5. The molecule has 3 rings (SSSR count). The van der Waals surface area contributed by atoms with Crippen molar-refractivity contribution in [3.63, 3.8) is 0 Å². The zero-order valence-corrected chi connectivity index (χ0v) is 14.5. The van der Waals surface area contributed by atoms with Gasteiger partial charge in [-0.1, -0.05) is 12.1 Å². The van der Waals surface area contributed by atoms with Gasteiger partial charge in [-0.3, -0.25) is 9.69 Å². The first kappa shape index (κ1) is 17.2. The van der Waals surface area contributed by atoms with Crippen molar-refractivity contribution in [2.75, 3.05) is 26.2 Å². The normalized spacial score (nSPS) is 16.9. The molecule has 0 radical (unpaired) electrons. The summed E-state index contributed by atoms with van der Waals surface area (Å²) in [6.07, 6.45) is 6.19. The van der Waals surface area contributed by atoms with Crippen molar-refractivity contribution >= 4 is 5.91 Å². The van der Waals surface area contributed by atoms with Crippen molar-refractivity contribution in [3.05, 3.63) is 54.1 Å². The maximum Gasteiger partial charge on any atom is 0.245 e. The van der Waals surface area contributed by atoms with Crippen LogP contribution in [0.4, 0.5) is 0 Å². The molecule has 0 unspecified atom stereocenters. The van der Waals surface area contributed by atoms with Crippen molar-refractivity contribution in [1.29, 1.82) is 5.26 Å². The molecule has 1 saturated heterocycles. The van der Waals surface area contributed by atoms with Gasteiger partial charge in [0.1, 0.15) is 6.04 Å². The van der Waals surface area contributed by atoms with E-state index in [-0.39, 0.29) is 11.9 Å². The van der Waals surface area contributed by atoms with Crippen LogP contribution >= 0.6 is 0 Å². The number of nitrogens with zero attached hydrogens (tertiary/aromatic N) is 5. The van der Waals surface area contributed by atoms with Crippen LogP contribution in [0.2, 0.25) is 0 Å². The van der Waals surface area contributed by atoms with Crippen LogP contribution in [0.5, 0.6) is 0 Å². The summed E-state index contributed by atoms with van der Waals surface area (Å²) in [4.78, 5) is 21.1. The molecular weight excluding hydrogens is 314 g/mol. The molecule has 2 heterocycles. The van der Waals surface area contributed by atoms with E-state index in [2.05, 4.69) is 16.0 Å². The molecule has 0 bridgehead atoms. The van der Waals surface area contributed by atoms with E-state index in [1.807, 2.05) is 46.9 Å². The molecule has 0 aliphatic carbocycles. The van der Waals surface area contributed by atoms with Crippen molar-refractivity contribution in [3.8, 4) is 6.07 Å². The highest BCUT2D eigenvalue weighted by atomic mass is 16.2. The third kappa shape index (κ3) is 4.25. The number of carbonyl (C=O) groups is 1. The van der Waals surface area contributed by atoms with Gasteiger partial charge in [-0.15, -0.1) is 0 Å². The summed E-state index contributed by atoms with van der Waals surface area (Å²) in [5.74, 6) is 0.151. The van der Waals surface area contributed by atoms with E-state index in [4.69, 9.17) is 5.26 Å². The minimum Gasteiger partial charge on any atom is -0.340 e. The SMILES string of the molecule is C[C@H](C(=O)N1CCCN(Cc2ccc(C#N)cc2)CC1)n1ccnc1. The fourth-order valence-electron chi connectivity index (χ4n) is 3.18. The number of carbonyl (C=O) groups excluding carboxylic acids is 1. The van der Waals surface area contributed by atoms with Crippen LogP contribution in [0.1, 0.15) is 30.5 Å². The zero-order chi connectivity index (χ0) is 17.6. The lowest BCUT2D eigenvalue weighted by Gasteiger charge is -2.25. The average Bonchev–Trinajstić information content (AvgIpc) is 3.08. The van der Waals surface area contributed by atoms with Gasteiger partial charge in [0, 0.05) is 45.1 Å². The van der Waals surface area contributed by atoms with Crippen LogP contribution < -0.4 is 0 Å². The molecule has 1 aliphatic heterocycles. The van der Waals surface area contributed by atoms with Gasteiger partial charge < -0.3 is 9.47 Å². The lowest BCUT2D eigenvalue weighted by Crippen LogP contribution is -2.38. The third-order valence-corrected chi connectivity index (χ3v) is 4.72. The molecule has 1 atom stereocenters. The molecule has 1 amide bonds. The maximum absolute atomic E-state index is 12.7. The number of aromatic nitrogens is 2. The van der Waals surface area contributed by atoms with Gasteiger partial charge in [-0.2, -0.15) is 5.26 Å². The molecule has 1 aromatic heterocycles. The summed E-state index contributed by atoms with van der Waals surface area (Å²) < 4.78 is 1.85. The predicted octanol–water partition coefficient (Wildman–Crippen LogP) is 2.05. The van der Waals surface area contributed by atoms with Crippen LogP contribution in [-0.2, 0) is 11.3 Å². The number of nitriles is 1. The lowest BCUT2D eigenvalue weighted by atomic mass is 10.1. The Balaban J connectivity index is 1.56. The number of imidazole rings is 1. The fourth-order valence-corrected chi connectivity index (χ4v) is 3.18. The van der Waals surface area contributed by atoms with Gasteiger partial charge in [0.15, 0.2) is 0 Å². The first-order valence-corrected chi connectivity index (χ1v) is 8.65. The Morgan fingerprint density at radius 1 is 1.24 bits per heavy atom. The highest BCUT2D eigenvalue weighted by Crippen LogP contribution is 2.14. The summed E-state index contributed by atoms with van der Waals surface area (Å²) in [5, 5.41) is 8.88. The van der Waals surface area contributed by atoms with Crippen LogP contribution in [0, 0.1) is 11.3 Å². The molecule has 1 aromatic carbocycles. The van der Waals surface area contributed by atoms with E-state index in [1.54, 1.807) is 12.5 Å². The Bertz CT molecular complexity index is 732. The largest absolute Gasteiger partial charge is 0.340 e. The smallest absolute Gasteiger partial charge is 0.245 e. The molecule has 0 saturated carbocycles. The van der Waals surface area contributed by atoms with Crippen LogP contribution in [0.3, 0.4) is 0 Å². The van der Waals surface area contributed by atoms with E-state index in [0.29, 0.717) is 5.56 Å². The summed E-state index contributed by atoms with van der Waals surface area (Å²) in [7, 11) is 0. The van der Waals surface area contributed by atoms with E-state index >= 15 is 0 Å². The number of amides is 1. The van der Waals surface area contributed by atoms with Gasteiger partial charge >= 0.3 is 0 Å². The van der Waals surface area contributed by atoms with Crippen molar-refractivity contribution in [2.45, 2.75) is 25.9 Å². The summed E-state index contributed by atoms with van der Waals surface area (Å²) in [5.41, 5.74) is 1.88. The molecule has 0 spiro atoms. The number of hydrogen-bond acceptors (Lipinski definition) is 4. The second-order valence-electron chi connectivity index (χ2n) is 6.45. The number of rotatable bonds is 4. The molecule has 25 heavy (non-hydrogen) atoms. The minimum atomic E-state index is -0.215. The summed E-state index contributed by atoms with van der Waals surface area (Å²) in [6, 6.07) is 9.66. The molecule has 0 N–H and O–H groups in total. The summed E-state index contributed by atoms with van der Waals surface area (Å²) >= 11 is 0. The average molecular weight is 337 g/mol. The second kappa shape index (κ2) is 7.95. The Labute approximate surface area is 148 Å². The quantitative estimate of drug-likeness (QED) is 0.856. The molecule has 6 heteroatoms. The Hall–Kier alpha value is -2.65. The molecular formula is C19H23N5O. The highest BCUT2D eigenvalue weighted by molar-refractivity contribution is 5.80. The fraction of sp³-hybridized carbons (Fsp3) is 0.421. The van der Waals surface area contributed by atoms with Crippen LogP contribution in [-0.4, -0.2) is 51.4 Å². The number of benzene rings is 1. The standard InChI is InChI=1S/C19H23N5O/c1-16(24-10-7-21-15-24)19(25)23-9-2-8-22(11-12-23)14-18-5-3-17(13-20)4-6-18/h3-7,10,15-16H,2,8-9,11-12,14H2,1H3/t16-/m1/s1. The van der Waals surface area contributed by atoms with Gasteiger partial charge in [0.25, 0.3) is 0 Å². The van der Waals surface area contributed by atoms with Crippen molar-refractivity contribution in [2.24, 2.45) is 0 Å². The first-order chi connectivity index (χ1) is 12.2. The van der Waals surface area contributed by atoms with Gasteiger partial charge in [0.05, 0.1) is 18.0 Å². The van der Waals surface area contributed by atoms with Crippen LogP contribution in [0.15, 0.2) is 43.0 Å².